The van der Waals surface area contributed by atoms with Crippen molar-refractivity contribution in [2.24, 2.45) is 7.05 Å². The van der Waals surface area contributed by atoms with Gasteiger partial charge in [-0.3, -0.25) is 0 Å². The van der Waals surface area contributed by atoms with E-state index in [-0.39, 0.29) is 0 Å². The standard InChI is InChI=1S/C17H15Cl2N3S/c1-11-3-5-12(6-4-11)10-23-17-21-20-16(22(17)2)13-7-8-14(18)15(19)9-13/h3-9H,10H2,1-2H3. The van der Waals surface area contributed by atoms with Crippen molar-refractivity contribution < 1.29 is 0 Å². The van der Waals surface area contributed by atoms with Gasteiger partial charge in [0.15, 0.2) is 11.0 Å². The zero-order valence-electron chi connectivity index (χ0n) is 12.8. The molecule has 118 valence electrons. The van der Waals surface area contributed by atoms with Crippen LogP contribution >= 0.6 is 35.0 Å². The first-order valence-corrected chi connectivity index (χ1v) is 8.82. The van der Waals surface area contributed by atoms with Gasteiger partial charge in [0.05, 0.1) is 10.0 Å². The third-order valence-electron chi connectivity index (χ3n) is 3.50. The summed E-state index contributed by atoms with van der Waals surface area (Å²) in [5.74, 6) is 1.63. The Morgan fingerprint density at radius 3 is 2.43 bits per heavy atom. The highest BCUT2D eigenvalue weighted by Crippen LogP contribution is 2.29. The molecule has 0 unspecified atom stereocenters. The van der Waals surface area contributed by atoms with Gasteiger partial charge in [-0.25, -0.2) is 0 Å². The largest absolute Gasteiger partial charge is 0.305 e. The molecule has 0 bridgehead atoms. The fourth-order valence-corrected chi connectivity index (χ4v) is 3.32. The van der Waals surface area contributed by atoms with E-state index in [2.05, 4.69) is 41.4 Å². The molecule has 0 atom stereocenters. The van der Waals surface area contributed by atoms with Crippen LogP contribution in [0.4, 0.5) is 0 Å². The summed E-state index contributed by atoms with van der Waals surface area (Å²) in [7, 11) is 1.95. The van der Waals surface area contributed by atoms with E-state index in [9.17, 15) is 0 Å². The molecule has 0 radical (unpaired) electrons. The summed E-state index contributed by atoms with van der Waals surface area (Å²) >= 11 is 13.7. The Kier molecular flexibility index (Phi) is 4.95. The van der Waals surface area contributed by atoms with Crippen molar-refractivity contribution >= 4 is 35.0 Å². The molecule has 1 aromatic heterocycles. The minimum Gasteiger partial charge on any atom is -0.305 e. The van der Waals surface area contributed by atoms with Gasteiger partial charge in [0.25, 0.3) is 0 Å². The first kappa shape index (κ1) is 16.4. The van der Waals surface area contributed by atoms with Gasteiger partial charge in [0, 0.05) is 18.4 Å². The number of thioether (sulfide) groups is 1. The molecule has 23 heavy (non-hydrogen) atoms. The topological polar surface area (TPSA) is 30.7 Å². The fourth-order valence-electron chi connectivity index (χ4n) is 2.16. The molecular formula is C17H15Cl2N3S. The van der Waals surface area contributed by atoms with E-state index in [4.69, 9.17) is 23.2 Å². The van der Waals surface area contributed by atoms with Gasteiger partial charge in [-0.05, 0) is 30.7 Å². The third kappa shape index (κ3) is 3.71. The van der Waals surface area contributed by atoms with Crippen LogP contribution in [0.25, 0.3) is 11.4 Å². The smallest absolute Gasteiger partial charge is 0.191 e. The highest BCUT2D eigenvalue weighted by molar-refractivity contribution is 7.98. The van der Waals surface area contributed by atoms with E-state index in [1.807, 2.05) is 23.7 Å². The molecule has 1 heterocycles. The van der Waals surface area contributed by atoms with Crippen LogP contribution in [0, 0.1) is 6.92 Å². The van der Waals surface area contributed by atoms with Crippen LogP contribution in [0.15, 0.2) is 47.6 Å². The lowest BCUT2D eigenvalue weighted by Gasteiger charge is -2.05. The summed E-state index contributed by atoms with van der Waals surface area (Å²) in [6.45, 7) is 2.09. The van der Waals surface area contributed by atoms with Crippen LogP contribution in [0.3, 0.4) is 0 Å². The number of aromatic nitrogens is 3. The van der Waals surface area contributed by atoms with Crippen LogP contribution < -0.4 is 0 Å². The van der Waals surface area contributed by atoms with Crippen LogP contribution in [-0.4, -0.2) is 14.8 Å². The number of hydrogen-bond acceptors (Lipinski definition) is 3. The molecule has 0 aliphatic heterocycles. The Labute approximate surface area is 149 Å². The molecule has 0 spiro atoms. The van der Waals surface area contributed by atoms with Gasteiger partial charge in [-0.15, -0.1) is 10.2 Å². The van der Waals surface area contributed by atoms with Crippen molar-refractivity contribution in [1.29, 1.82) is 0 Å². The second kappa shape index (κ2) is 6.95. The van der Waals surface area contributed by atoms with Gasteiger partial charge in [0.2, 0.25) is 0 Å². The molecular weight excluding hydrogens is 349 g/mol. The van der Waals surface area contributed by atoms with E-state index < -0.39 is 0 Å². The first-order valence-electron chi connectivity index (χ1n) is 7.08. The predicted octanol–water partition coefficient (Wildman–Crippen LogP) is 5.39. The predicted molar refractivity (Wildman–Crippen MR) is 97.2 cm³/mol. The van der Waals surface area contributed by atoms with Gasteiger partial charge >= 0.3 is 0 Å². The number of aryl methyl sites for hydroxylation is 1. The van der Waals surface area contributed by atoms with Crippen LogP contribution in [0.5, 0.6) is 0 Å². The molecule has 2 aromatic carbocycles. The molecule has 6 heteroatoms. The van der Waals surface area contributed by atoms with Crippen LogP contribution in [0.2, 0.25) is 10.0 Å². The summed E-state index contributed by atoms with van der Waals surface area (Å²) in [5.41, 5.74) is 3.43. The van der Waals surface area contributed by atoms with Crippen molar-refractivity contribution in [2.75, 3.05) is 0 Å². The fraction of sp³-hybridized carbons (Fsp3) is 0.176. The second-order valence-electron chi connectivity index (χ2n) is 5.27. The van der Waals surface area contributed by atoms with Crippen LogP contribution in [-0.2, 0) is 12.8 Å². The quantitative estimate of drug-likeness (QED) is 0.582. The number of halogens is 2. The Hall–Kier alpha value is -1.49. The maximum absolute atomic E-state index is 6.08. The van der Waals surface area contributed by atoms with E-state index >= 15 is 0 Å². The molecule has 0 fully saturated rings. The summed E-state index contributed by atoms with van der Waals surface area (Å²) in [5, 5.41) is 10.5. The zero-order valence-corrected chi connectivity index (χ0v) is 15.1. The minimum atomic E-state index is 0.515. The summed E-state index contributed by atoms with van der Waals surface area (Å²) in [6.07, 6.45) is 0. The SMILES string of the molecule is Cc1ccc(CSc2nnc(-c3ccc(Cl)c(Cl)c3)n2C)cc1. The van der Waals surface area contributed by atoms with Gasteiger partial charge < -0.3 is 4.57 Å². The Balaban J connectivity index is 1.78. The van der Waals surface area contributed by atoms with Gasteiger partial charge in [0.1, 0.15) is 0 Å². The normalized spacial score (nSPS) is 11.0. The zero-order chi connectivity index (χ0) is 16.4. The molecule has 0 amide bonds. The Morgan fingerprint density at radius 2 is 1.74 bits per heavy atom. The number of nitrogens with zero attached hydrogens (tertiary/aromatic N) is 3. The molecule has 0 saturated carbocycles. The molecule has 3 nitrogen and oxygen atoms in total. The van der Waals surface area contributed by atoms with E-state index in [0.29, 0.717) is 10.0 Å². The molecule has 0 aliphatic rings. The first-order chi connectivity index (χ1) is 11.0. The van der Waals surface area contributed by atoms with E-state index in [0.717, 1.165) is 22.3 Å². The number of rotatable bonds is 4. The van der Waals surface area contributed by atoms with Crippen molar-refractivity contribution in [3.05, 3.63) is 63.6 Å². The summed E-state index contributed by atoms with van der Waals surface area (Å²) in [4.78, 5) is 0. The average molecular weight is 364 g/mol. The molecule has 3 rings (SSSR count). The Morgan fingerprint density at radius 1 is 1.00 bits per heavy atom. The Bertz CT molecular complexity index is 828. The molecule has 3 aromatic rings. The lowest BCUT2D eigenvalue weighted by Crippen LogP contribution is -1.95. The highest BCUT2D eigenvalue weighted by Gasteiger charge is 2.12. The number of hydrogen-bond donors (Lipinski definition) is 0. The maximum Gasteiger partial charge on any atom is 0.191 e. The van der Waals surface area contributed by atoms with Crippen molar-refractivity contribution in [2.45, 2.75) is 17.8 Å². The molecule has 0 aliphatic carbocycles. The average Bonchev–Trinajstić information content (AvgIpc) is 2.90. The third-order valence-corrected chi connectivity index (χ3v) is 5.33. The lowest BCUT2D eigenvalue weighted by molar-refractivity contribution is 0.794. The summed E-state index contributed by atoms with van der Waals surface area (Å²) in [6, 6.07) is 14.0. The lowest BCUT2D eigenvalue weighted by atomic mass is 10.2. The summed E-state index contributed by atoms with van der Waals surface area (Å²) < 4.78 is 1.97. The van der Waals surface area contributed by atoms with Crippen LogP contribution in [0.1, 0.15) is 11.1 Å². The monoisotopic (exact) mass is 363 g/mol. The van der Waals surface area contributed by atoms with E-state index in [1.165, 1.54) is 11.1 Å². The molecule has 0 N–H and O–H groups in total. The van der Waals surface area contributed by atoms with E-state index in [1.54, 1.807) is 17.8 Å². The number of benzene rings is 2. The van der Waals surface area contributed by atoms with Crippen molar-refractivity contribution in [3.8, 4) is 11.4 Å². The van der Waals surface area contributed by atoms with Gasteiger partial charge in [-0.1, -0.05) is 64.8 Å². The highest BCUT2D eigenvalue weighted by atomic mass is 35.5. The van der Waals surface area contributed by atoms with Crippen molar-refractivity contribution in [1.82, 2.24) is 14.8 Å². The molecule has 0 saturated heterocycles. The minimum absolute atomic E-state index is 0.515. The van der Waals surface area contributed by atoms with Crippen molar-refractivity contribution in [3.63, 3.8) is 0 Å². The second-order valence-corrected chi connectivity index (χ2v) is 7.03. The van der Waals surface area contributed by atoms with Gasteiger partial charge in [-0.2, -0.15) is 0 Å². The maximum atomic E-state index is 6.08.